The molecular formula is C9H12BrClN2O2. The van der Waals surface area contributed by atoms with Gasteiger partial charge in [0.1, 0.15) is 0 Å². The zero-order valence-electron chi connectivity index (χ0n) is 8.20. The summed E-state index contributed by atoms with van der Waals surface area (Å²) >= 11 is 3.27. The Bertz CT molecular complexity index is 352. The summed E-state index contributed by atoms with van der Waals surface area (Å²) in [6, 6.07) is 2.01. The topological polar surface area (TPSA) is 45.5 Å². The predicted molar refractivity (Wildman–Crippen MR) is 62.4 cm³/mol. The van der Waals surface area contributed by atoms with E-state index in [9.17, 15) is 4.79 Å². The van der Waals surface area contributed by atoms with E-state index in [1.165, 1.54) is 6.26 Å². The normalized spacial score (nSPS) is 15.3. The number of halogens is 2. The lowest BCUT2D eigenvalue weighted by Crippen LogP contribution is -2.57. The molecule has 0 saturated carbocycles. The van der Waals surface area contributed by atoms with Gasteiger partial charge in [0.05, 0.1) is 16.8 Å². The van der Waals surface area contributed by atoms with E-state index >= 15 is 0 Å². The lowest BCUT2D eigenvalue weighted by atomic mass is 10.1. The second-order valence-electron chi connectivity index (χ2n) is 3.33. The molecule has 6 heteroatoms. The number of likely N-dealkylation sites (N-methyl/N-ethyl adjacent to an activating group) is 1. The van der Waals surface area contributed by atoms with Gasteiger partial charge in [-0.15, -0.1) is 12.4 Å². The van der Waals surface area contributed by atoms with Gasteiger partial charge in [-0.25, -0.2) is 0 Å². The molecule has 1 saturated heterocycles. The van der Waals surface area contributed by atoms with Crippen molar-refractivity contribution in [3.05, 3.63) is 22.6 Å². The first-order valence-electron chi connectivity index (χ1n) is 4.41. The van der Waals surface area contributed by atoms with E-state index in [1.807, 2.05) is 0 Å². The second-order valence-corrected chi connectivity index (χ2v) is 4.18. The number of nitrogens with zero attached hydrogens (tertiary/aromatic N) is 1. The summed E-state index contributed by atoms with van der Waals surface area (Å²) in [7, 11) is 1.79. The molecule has 1 aromatic heterocycles. The Morgan fingerprint density at radius 2 is 2.33 bits per heavy atom. The molecule has 0 spiro atoms. The van der Waals surface area contributed by atoms with Crippen LogP contribution >= 0.6 is 28.3 Å². The molecule has 1 N–H and O–H groups in total. The van der Waals surface area contributed by atoms with E-state index in [0.717, 1.165) is 13.1 Å². The molecule has 0 radical (unpaired) electrons. The van der Waals surface area contributed by atoms with Gasteiger partial charge in [-0.05, 0) is 22.0 Å². The highest BCUT2D eigenvalue weighted by Crippen LogP contribution is 2.20. The highest BCUT2D eigenvalue weighted by Gasteiger charge is 2.28. The van der Waals surface area contributed by atoms with Crippen molar-refractivity contribution in [2.45, 2.75) is 6.04 Å². The van der Waals surface area contributed by atoms with Crippen molar-refractivity contribution in [2.75, 3.05) is 20.1 Å². The van der Waals surface area contributed by atoms with Crippen LogP contribution in [0.2, 0.25) is 0 Å². The fourth-order valence-electron chi connectivity index (χ4n) is 1.32. The Balaban J connectivity index is 0.00000112. The Kier molecular flexibility index (Phi) is 4.19. The molecule has 1 fully saturated rings. The van der Waals surface area contributed by atoms with Gasteiger partial charge in [0, 0.05) is 20.1 Å². The lowest BCUT2D eigenvalue weighted by molar-refractivity contribution is 0.0648. The quantitative estimate of drug-likeness (QED) is 0.899. The summed E-state index contributed by atoms with van der Waals surface area (Å²) in [6.07, 6.45) is 1.50. The van der Waals surface area contributed by atoms with Crippen molar-refractivity contribution in [1.82, 2.24) is 10.2 Å². The third-order valence-corrected chi connectivity index (χ3v) is 3.06. The monoisotopic (exact) mass is 294 g/mol. The van der Waals surface area contributed by atoms with Crippen molar-refractivity contribution in [3.63, 3.8) is 0 Å². The summed E-state index contributed by atoms with van der Waals surface area (Å²) in [6.45, 7) is 1.72. The van der Waals surface area contributed by atoms with Crippen LogP contribution in [0, 0.1) is 0 Å². The van der Waals surface area contributed by atoms with Crippen LogP contribution < -0.4 is 5.32 Å². The minimum absolute atomic E-state index is 0. The van der Waals surface area contributed by atoms with E-state index in [2.05, 4.69) is 21.2 Å². The standard InChI is InChI=1S/C9H11BrN2O2.ClH/c1-12(6-4-11-5-6)9(13)8-7(10)2-3-14-8;/h2-3,6,11H,4-5H2,1H3;1H. The fraction of sp³-hybridized carbons (Fsp3) is 0.444. The number of furan rings is 1. The Labute approximate surface area is 103 Å². The van der Waals surface area contributed by atoms with Gasteiger partial charge in [0.15, 0.2) is 0 Å². The van der Waals surface area contributed by atoms with Gasteiger partial charge in [-0.3, -0.25) is 4.79 Å². The van der Waals surface area contributed by atoms with Crippen LogP contribution in [0.5, 0.6) is 0 Å². The summed E-state index contributed by atoms with van der Waals surface area (Å²) in [5.41, 5.74) is 0. The van der Waals surface area contributed by atoms with Crippen molar-refractivity contribution in [3.8, 4) is 0 Å². The fourth-order valence-corrected chi connectivity index (χ4v) is 1.69. The molecule has 2 rings (SSSR count). The van der Waals surface area contributed by atoms with Crippen molar-refractivity contribution in [1.29, 1.82) is 0 Å². The molecule has 2 heterocycles. The first-order valence-corrected chi connectivity index (χ1v) is 5.20. The van der Waals surface area contributed by atoms with Crippen LogP contribution in [-0.4, -0.2) is 37.0 Å². The molecule has 15 heavy (non-hydrogen) atoms. The van der Waals surface area contributed by atoms with Crippen LogP contribution in [0.3, 0.4) is 0 Å². The van der Waals surface area contributed by atoms with Crippen LogP contribution in [0.1, 0.15) is 10.6 Å². The van der Waals surface area contributed by atoms with E-state index in [1.54, 1.807) is 18.0 Å². The molecule has 4 nitrogen and oxygen atoms in total. The van der Waals surface area contributed by atoms with Crippen molar-refractivity contribution in [2.24, 2.45) is 0 Å². The van der Waals surface area contributed by atoms with Crippen LogP contribution in [0.4, 0.5) is 0 Å². The summed E-state index contributed by atoms with van der Waals surface area (Å²) in [4.78, 5) is 13.5. The molecule has 0 unspecified atom stereocenters. The highest BCUT2D eigenvalue weighted by atomic mass is 79.9. The first-order chi connectivity index (χ1) is 6.70. The van der Waals surface area contributed by atoms with Gasteiger partial charge < -0.3 is 14.6 Å². The summed E-state index contributed by atoms with van der Waals surface area (Å²) < 4.78 is 5.82. The largest absolute Gasteiger partial charge is 0.458 e. The molecule has 1 aliphatic rings. The number of carbonyl (C=O) groups excluding carboxylic acids is 1. The number of rotatable bonds is 2. The van der Waals surface area contributed by atoms with Crippen LogP contribution in [0.15, 0.2) is 21.2 Å². The molecule has 84 valence electrons. The van der Waals surface area contributed by atoms with Gasteiger partial charge >= 0.3 is 0 Å². The Morgan fingerprint density at radius 1 is 1.67 bits per heavy atom. The number of hydrogen-bond donors (Lipinski definition) is 1. The molecule has 1 amide bonds. The molecule has 1 aromatic rings. The van der Waals surface area contributed by atoms with Crippen LogP contribution in [-0.2, 0) is 0 Å². The summed E-state index contributed by atoms with van der Waals surface area (Å²) in [5.74, 6) is 0.299. The average molecular weight is 296 g/mol. The molecule has 0 aromatic carbocycles. The lowest BCUT2D eigenvalue weighted by Gasteiger charge is -2.35. The number of amides is 1. The average Bonchev–Trinajstić information content (AvgIpc) is 2.47. The maximum Gasteiger partial charge on any atom is 0.290 e. The Hall–Kier alpha value is -0.520. The van der Waals surface area contributed by atoms with E-state index in [0.29, 0.717) is 16.3 Å². The zero-order chi connectivity index (χ0) is 10.1. The maximum atomic E-state index is 11.8. The molecule has 0 atom stereocenters. The highest BCUT2D eigenvalue weighted by molar-refractivity contribution is 9.10. The third kappa shape index (κ3) is 2.35. The molecule has 1 aliphatic heterocycles. The number of carbonyl (C=O) groups is 1. The van der Waals surface area contributed by atoms with Crippen molar-refractivity contribution >= 4 is 34.2 Å². The van der Waals surface area contributed by atoms with Gasteiger partial charge in [0.2, 0.25) is 5.76 Å². The van der Waals surface area contributed by atoms with Crippen molar-refractivity contribution < 1.29 is 9.21 Å². The van der Waals surface area contributed by atoms with E-state index in [4.69, 9.17) is 4.42 Å². The molecular weight excluding hydrogens is 283 g/mol. The summed E-state index contributed by atoms with van der Waals surface area (Å²) in [5, 5.41) is 3.12. The van der Waals surface area contributed by atoms with Gasteiger partial charge in [-0.1, -0.05) is 0 Å². The Morgan fingerprint density at radius 3 is 2.73 bits per heavy atom. The number of hydrogen-bond acceptors (Lipinski definition) is 3. The minimum Gasteiger partial charge on any atom is -0.458 e. The molecule has 0 bridgehead atoms. The second kappa shape index (κ2) is 5.01. The van der Waals surface area contributed by atoms with Gasteiger partial charge in [0.25, 0.3) is 5.91 Å². The van der Waals surface area contributed by atoms with E-state index < -0.39 is 0 Å². The number of nitrogens with one attached hydrogen (secondary N) is 1. The van der Waals surface area contributed by atoms with E-state index in [-0.39, 0.29) is 18.3 Å². The third-order valence-electron chi connectivity index (χ3n) is 2.44. The smallest absolute Gasteiger partial charge is 0.290 e. The minimum atomic E-state index is -0.0756. The predicted octanol–water partition coefficient (Wildman–Crippen LogP) is 1.51. The first kappa shape index (κ1) is 12.5. The zero-order valence-corrected chi connectivity index (χ0v) is 10.6. The van der Waals surface area contributed by atoms with Crippen LogP contribution in [0.25, 0.3) is 0 Å². The molecule has 0 aliphatic carbocycles. The maximum absolute atomic E-state index is 11.8. The van der Waals surface area contributed by atoms with Gasteiger partial charge in [-0.2, -0.15) is 0 Å². The SMILES string of the molecule is CN(C(=O)c1occc1Br)C1CNC1.Cl.